The molecule has 0 aliphatic carbocycles. The lowest BCUT2D eigenvalue weighted by molar-refractivity contribution is -0.138. The fourth-order valence-corrected chi connectivity index (χ4v) is 2.16. The smallest absolute Gasteiger partial charge is 0.355 e. The van der Waals surface area contributed by atoms with E-state index in [0.29, 0.717) is 5.56 Å². The van der Waals surface area contributed by atoms with Crippen LogP contribution in [0.4, 0.5) is 13.2 Å². The third-order valence-corrected chi connectivity index (χ3v) is 3.08. The molecule has 3 nitrogen and oxygen atoms in total. The molecule has 1 fully saturated rings. The first-order valence-electron chi connectivity index (χ1n) is 5.58. The summed E-state index contributed by atoms with van der Waals surface area (Å²) in [5.74, 6) is -0.628. The molecule has 6 heteroatoms. The standard InChI is InChI=1S/C12H13F3N2O/c13-12(14,15)10-3-7(5-16)1-2-9(10)8-4-11(18)17-6-8/h1-3,8H,4-6,16H2,(H,17,18)/t8-/m0/s1. The number of carbonyl (C=O) groups excluding carboxylic acids is 1. The van der Waals surface area contributed by atoms with E-state index in [4.69, 9.17) is 5.73 Å². The van der Waals surface area contributed by atoms with Crippen LogP contribution in [-0.2, 0) is 17.5 Å². The molecule has 0 unspecified atom stereocenters. The molecule has 2 rings (SSSR count). The molecule has 0 saturated carbocycles. The summed E-state index contributed by atoms with van der Waals surface area (Å²) in [6, 6.07) is 4.07. The maximum atomic E-state index is 13.0. The number of amides is 1. The Labute approximate surface area is 102 Å². The molecule has 0 radical (unpaired) electrons. The highest BCUT2D eigenvalue weighted by atomic mass is 19.4. The van der Waals surface area contributed by atoms with Gasteiger partial charge in [-0.05, 0) is 17.2 Å². The second-order valence-electron chi connectivity index (χ2n) is 4.33. The second-order valence-corrected chi connectivity index (χ2v) is 4.33. The lowest BCUT2D eigenvalue weighted by Gasteiger charge is -2.17. The van der Waals surface area contributed by atoms with Gasteiger partial charge in [0.25, 0.3) is 0 Å². The van der Waals surface area contributed by atoms with E-state index in [0.717, 1.165) is 6.07 Å². The Kier molecular flexibility index (Phi) is 3.30. The van der Waals surface area contributed by atoms with Gasteiger partial charge in [-0.15, -0.1) is 0 Å². The highest BCUT2D eigenvalue weighted by Crippen LogP contribution is 2.37. The maximum absolute atomic E-state index is 13.0. The van der Waals surface area contributed by atoms with Gasteiger partial charge in [-0.3, -0.25) is 4.79 Å². The number of rotatable bonds is 2. The van der Waals surface area contributed by atoms with Crippen molar-refractivity contribution in [1.29, 1.82) is 0 Å². The molecule has 0 aromatic heterocycles. The molecule has 1 heterocycles. The Morgan fingerprint density at radius 1 is 1.39 bits per heavy atom. The van der Waals surface area contributed by atoms with Crippen LogP contribution in [0.25, 0.3) is 0 Å². The largest absolute Gasteiger partial charge is 0.416 e. The number of nitrogens with two attached hydrogens (primary N) is 1. The number of alkyl halides is 3. The van der Waals surface area contributed by atoms with Gasteiger partial charge in [-0.1, -0.05) is 12.1 Å². The van der Waals surface area contributed by atoms with Crippen LogP contribution in [0, 0.1) is 0 Å². The summed E-state index contributed by atoms with van der Waals surface area (Å²) in [4.78, 5) is 11.1. The number of hydrogen-bond acceptors (Lipinski definition) is 2. The van der Waals surface area contributed by atoms with E-state index < -0.39 is 17.7 Å². The summed E-state index contributed by atoms with van der Waals surface area (Å²) >= 11 is 0. The SMILES string of the molecule is NCc1ccc([C@@H]2CNC(=O)C2)c(C(F)(F)F)c1. The van der Waals surface area contributed by atoms with Gasteiger partial charge in [0, 0.05) is 25.4 Å². The minimum atomic E-state index is -4.42. The molecule has 1 aliphatic rings. The number of halogens is 3. The fraction of sp³-hybridized carbons (Fsp3) is 0.417. The zero-order chi connectivity index (χ0) is 13.3. The molecule has 0 spiro atoms. The average Bonchev–Trinajstić information content (AvgIpc) is 2.74. The molecule has 18 heavy (non-hydrogen) atoms. The first-order valence-corrected chi connectivity index (χ1v) is 5.58. The van der Waals surface area contributed by atoms with Crippen LogP contribution < -0.4 is 11.1 Å². The Bertz CT molecular complexity index is 471. The predicted molar refractivity (Wildman–Crippen MR) is 59.7 cm³/mol. The van der Waals surface area contributed by atoms with E-state index in [1.54, 1.807) is 6.07 Å². The Morgan fingerprint density at radius 3 is 2.61 bits per heavy atom. The summed E-state index contributed by atoms with van der Waals surface area (Å²) in [6.45, 7) is 0.315. The third-order valence-electron chi connectivity index (χ3n) is 3.08. The Hall–Kier alpha value is -1.56. The van der Waals surface area contributed by atoms with Gasteiger partial charge >= 0.3 is 6.18 Å². The lowest BCUT2D eigenvalue weighted by Crippen LogP contribution is -2.16. The second kappa shape index (κ2) is 4.61. The van der Waals surface area contributed by atoms with Gasteiger partial charge < -0.3 is 11.1 Å². The molecular weight excluding hydrogens is 245 g/mol. The van der Waals surface area contributed by atoms with Gasteiger partial charge in [-0.2, -0.15) is 13.2 Å². The van der Waals surface area contributed by atoms with Crippen LogP contribution in [0.15, 0.2) is 18.2 Å². The van der Waals surface area contributed by atoms with Crippen molar-refractivity contribution in [3.8, 4) is 0 Å². The van der Waals surface area contributed by atoms with Crippen molar-refractivity contribution in [2.75, 3.05) is 6.54 Å². The van der Waals surface area contributed by atoms with E-state index in [9.17, 15) is 18.0 Å². The summed E-state index contributed by atoms with van der Waals surface area (Å²) in [5.41, 5.74) is 5.26. The highest BCUT2D eigenvalue weighted by Gasteiger charge is 2.37. The Morgan fingerprint density at radius 2 is 2.11 bits per heavy atom. The predicted octanol–water partition coefficient (Wildman–Crippen LogP) is 1.77. The zero-order valence-electron chi connectivity index (χ0n) is 9.55. The number of benzene rings is 1. The maximum Gasteiger partial charge on any atom is 0.416 e. The summed E-state index contributed by atoms with van der Waals surface area (Å²) in [6.07, 6.45) is -4.32. The van der Waals surface area contributed by atoms with Crippen molar-refractivity contribution in [1.82, 2.24) is 5.32 Å². The monoisotopic (exact) mass is 258 g/mol. The van der Waals surface area contributed by atoms with Crippen molar-refractivity contribution in [2.24, 2.45) is 5.73 Å². The summed E-state index contributed by atoms with van der Waals surface area (Å²) in [5, 5.41) is 2.54. The van der Waals surface area contributed by atoms with Crippen LogP contribution >= 0.6 is 0 Å². The van der Waals surface area contributed by atoms with Crippen molar-refractivity contribution in [2.45, 2.75) is 25.1 Å². The topological polar surface area (TPSA) is 55.1 Å². The number of hydrogen-bond donors (Lipinski definition) is 2. The third kappa shape index (κ3) is 2.48. The quantitative estimate of drug-likeness (QED) is 0.849. The molecule has 1 aromatic carbocycles. The minimum Gasteiger partial charge on any atom is -0.355 e. The van der Waals surface area contributed by atoms with E-state index in [-0.39, 0.29) is 31.0 Å². The van der Waals surface area contributed by atoms with Crippen molar-refractivity contribution >= 4 is 5.91 Å². The molecular formula is C12H13F3N2O. The van der Waals surface area contributed by atoms with E-state index in [2.05, 4.69) is 5.32 Å². The first kappa shape index (κ1) is 12.9. The van der Waals surface area contributed by atoms with Crippen molar-refractivity contribution in [3.63, 3.8) is 0 Å². The van der Waals surface area contributed by atoms with Crippen LogP contribution in [0.5, 0.6) is 0 Å². The van der Waals surface area contributed by atoms with Gasteiger partial charge in [0.1, 0.15) is 0 Å². The van der Waals surface area contributed by atoms with E-state index >= 15 is 0 Å². The van der Waals surface area contributed by atoms with E-state index in [1.165, 1.54) is 6.07 Å². The fourth-order valence-electron chi connectivity index (χ4n) is 2.16. The lowest BCUT2D eigenvalue weighted by atomic mass is 9.91. The van der Waals surface area contributed by atoms with Crippen LogP contribution in [0.2, 0.25) is 0 Å². The first-order chi connectivity index (χ1) is 8.41. The average molecular weight is 258 g/mol. The Balaban J connectivity index is 2.43. The van der Waals surface area contributed by atoms with Crippen LogP contribution in [-0.4, -0.2) is 12.5 Å². The summed E-state index contributed by atoms with van der Waals surface area (Å²) < 4.78 is 38.9. The number of carbonyl (C=O) groups is 1. The molecule has 1 aromatic rings. The zero-order valence-corrected chi connectivity index (χ0v) is 9.55. The van der Waals surface area contributed by atoms with Crippen LogP contribution in [0.1, 0.15) is 29.0 Å². The molecule has 1 amide bonds. The molecule has 98 valence electrons. The summed E-state index contributed by atoms with van der Waals surface area (Å²) in [7, 11) is 0. The highest BCUT2D eigenvalue weighted by molar-refractivity contribution is 5.79. The molecule has 1 saturated heterocycles. The molecule has 3 N–H and O–H groups in total. The van der Waals surface area contributed by atoms with Crippen molar-refractivity contribution in [3.05, 3.63) is 34.9 Å². The molecule has 0 bridgehead atoms. The number of nitrogens with one attached hydrogen (secondary N) is 1. The molecule has 1 aliphatic heterocycles. The van der Waals surface area contributed by atoms with E-state index in [1.807, 2.05) is 0 Å². The van der Waals surface area contributed by atoms with Gasteiger partial charge in [0.15, 0.2) is 0 Å². The normalized spacial score (nSPS) is 20.0. The van der Waals surface area contributed by atoms with Gasteiger partial charge in [-0.25, -0.2) is 0 Å². The van der Waals surface area contributed by atoms with Gasteiger partial charge in [0.05, 0.1) is 5.56 Å². The minimum absolute atomic E-state index is 0.0607. The van der Waals surface area contributed by atoms with Gasteiger partial charge in [0.2, 0.25) is 5.91 Å². The molecule has 1 atom stereocenters. The van der Waals surface area contributed by atoms with Crippen LogP contribution in [0.3, 0.4) is 0 Å². The van der Waals surface area contributed by atoms with Crippen molar-refractivity contribution < 1.29 is 18.0 Å².